The average Bonchev–Trinajstić information content (AvgIpc) is 2.84. The summed E-state index contributed by atoms with van der Waals surface area (Å²) in [6.45, 7) is 1.25. The molecule has 86 valence electrons. The van der Waals surface area contributed by atoms with Gasteiger partial charge in [-0.1, -0.05) is 11.6 Å². The molecule has 0 N–H and O–H groups in total. The van der Waals surface area contributed by atoms with Crippen molar-refractivity contribution in [3.8, 4) is 0 Å². The minimum Gasteiger partial charge on any atom is -0.303 e. The van der Waals surface area contributed by atoms with Crippen molar-refractivity contribution in [3.05, 3.63) is 28.5 Å². The number of aromatic nitrogens is 1. The maximum Gasteiger partial charge on any atom is 0.0471 e. The van der Waals surface area contributed by atoms with E-state index in [4.69, 9.17) is 11.6 Å². The SMILES string of the molecule is CN1CCCC1C1Cc2nccc(Cl)c2C1. The Morgan fingerprint density at radius 3 is 3.00 bits per heavy atom. The Kier molecular flexibility index (Phi) is 2.64. The number of likely N-dealkylation sites (tertiary alicyclic amines) is 1. The summed E-state index contributed by atoms with van der Waals surface area (Å²) in [6, 6.07) is 2.66. The molecular weight excluding hydrogens is 220 g/mol. The van der Waals surface area contributed by atoms with Gasteiger partial charge in [-0.25, -0.2) is 0 Å². The minimum atomic E-state index is 0.731. The van der Waals surface area contributed by atoms with Gasteiger partial charge in [0.15, 0.2) is 0 Å². The highest BCUT2D eigenvalue weighted by atomic mass is 35.5. The van der Waals surface area contributed by atoms with Crippen molar-refractivity contribution in [1.82, 2.24) is 9.88 Å². The van der Waals surface area contributed by atoms with Gasteiger partial charge in [-0.3, -0.25) is 4.98 Å². The topological polar surface area (TPSA) is 16.1 Å². The lowest BCUT2D eigenvalue weighted by Crippen LogP contribution is -2.32. The molecule has 0 saturated carbocycles. The lowest BCUT2D eigenvalue weighted by atomic mass is 9.95. The molecule has 1 aliphatic carbocycles. The Morgan fingerprint density at radius 2 is 2.31 bits per heavy atom. The molecule has 1 aromatic rings. The van der Waals surface area contributed by atoms with Crippen LogP contribution in [-0.2, 0) is 12.8 Å². The Hall–Kier alpha value is -0.600. The van der Waals surface area contributed by atoms with Crippen LogP contribution < -0.4 is 0 Å². The molecule has 2 atom stereocenters. The Bertz CT molecular complexity index is 405. The van der Waals surface area contributed by atoms with Crippen LogP contribution in [0.3, 0.4) is 0 Å². The molecule has 2 nitrogen and oxygen atoms in total. The van der Waals surface area contributed by atoms with Gasteiger partial charge >= 0.3 is 0 Å². The second-order valence-corrected chi connectivity index (χ2v) is 5.48. The molecule has 16 heavy (non-hydrogen) atoms. The summed E-state index contributed by atoms with van der Waals surface area (Å²) in [7, 11) is 2.25. The molecular formula is C13H17ClN2. The highest BCUT2D eigenvalue weighted by molar-refractivity contribution is 6.31. The zero-order valence-electron chi connectivity index (χ0n) is 9.62. The van der Waals surface area contributed by atoms with E-state index in [1.807, 2.05) is 12.3 Å². The average molecular weight is 237 g/mol. The van der Waals surface area contributed by atoms with Crippen molar-refractivity contribution in [1.29, 1.82) is 0 Å². The molecule has 1 saturated heterocycles. The molecule has 2 unspecified atom stereocenters. The molecule has 0 bridgehead atoms. The fourth-order valence-corrected chi connectivity index (χ4v) is 3.53. The van der Waals surface area contributed by atoms with Gasteiger partial charge < -0.3 is 4.90 Å². The van der Waals surface area contributed by atoms with E-state index in [2.05, 4.69) is 16.9 Å². The van der Waals surface area contributed by atoms with E-state index in [9.17, 15) is 0 Å². The number of hydrogen-bond acceptors (Lipinski definition) is 2. The van der Waals surface area contributed by atoms with Gasteiger partial charge in [0.05, 0.1) is 0 Å². The number of fused-ring (bicyclic) bond motifs is 1. The van der Waals surface area contributed by atoms with Crippen molar-refractivity contribution in [2.75, 3.05) is 13.6 Å². The molecule has 3 heteroatoms. The van der Waals surface area contributed by atoms with Gasteiger partial charge in [0.1, 0.15) is 0 Å². The third kappa shape index (κ3) is 1.64. The van der Waals surface area contributed by atoms with Crippen LogP contribution in [0.25, 0.3) is 0 Å². The number of hydrogen-bond donors (Lipinski definition) is 0. The number of rotatable bonds is 1. The molecule has 1 aliphatic heterocycles. The molecule has 0 spiro atoms. The number of nitrogens with zero attached hydrogens (tertiary/aromatic N) is 2. The quantitative estimate of drug-likeness (QED) is 0.745. The van der Waals surface area contributed by atoms with Crippen LogP contribution in [0.2, 0.25) is 5.02 Å². The summed E-state index contributed by atoms with van der Waals surface area (Å²) in [5, 5.41) is 0.910. The second kappa shape index (κ2) is 4.01. The molecule has 0 amide bonds. The lowest BCUT2D eigenvalue weighted by Gasteiger charge is -2.25. The smallest absolute Gasteiger partial charge is 0.0471 e. The Morgan fingerprint density at radius 1 is 1.44 bits per heavy atom. The molecule has 0 aromatic carbocycles. The van der Waals surface area contributed by atoms with Gasteiger partial charge in [0.25, 0.3) is 0 Å². The van der Waals surface area contributed by atoms with Crippen LogP contribution in [-0.4, -0.2) is 29.5 Å². The maximum absolute atomic E-state index is 6.22. The van der Waals surface area contributed by atoms with E-state index in [1.54, 1.807) is 0 Å². The fraction of sp³-hybridized carbons (Fsp3) is 0.615. The molecule has 1 aromatic heterocycles. The summed E-state index contributed by atoms with van der Waals surface area (Å²) in [5.41, 5.74) is 2.53. The van der Waals surface area contributed by atoms with Gasteiger partial charge in [-0.15, -0.1) is 0 Å². The predicted octanol–water partition coefficient (Wildman–Crippen LogP) is 2.54. The van der Waals surface area contributed by atoms with Crippen LogP contribution in [0.5, 0.6) is 0 Å². The first kappa shape index (κ1) is 10.5. The van der Waals surface area contributed by atoms with Crippen molar-refractivity contribution in [2.45, 2.75) is 31.7 Å². The van der Waals surface area contributed by atoms with E-state index in [1.165, 1.54) is 30.6 Å². The number of pyridine rings is 1. The largest absolute Gasteiger partial charge is 0.303 e. The molecule has 2 aliphatic rings. The van der Waals surface area contributed by atoms with Crippen LogP contribution in [0.4, 0.5) is 0 Å². The molecule has 3 rings (SSSR count). The first-order valence-corrected chi connectivity index (χ1v) is 6.46. The summed E-state index contributed by atoms with van der Waals surface area (Å²) in [5.74, 6) is 0.731. The first-order valence-electron chi connectivity index (χ1n) is 6.08. The van der Waals surface area contributed by atoms with E-state index in [0.717, 1.165) is 29.8 Å². The summed E-state index contributed by atoms with van der Waals surface area (Å²) < 4.78 is 0. The van der Waals surface area contributed by atoms with Crippen LogP contribution in [0.1, 0.15) is 24.1 Å². The summed E-state index contributed by atoms with van der Waals surface area (Å²) >= 11 is 6.22. The monoisotopic (exact) mass is 236 g/mol. The van der Waals surface area contributed by atoms with Crippen molar-refractivity contribution >= 4 is 11.6 Å². The van der Waals surface area contributed by atoms with Crippen molar-refractivity contribution in [3.63, 3.8) is 0 Å². The summed E-state index contributed by atoms with van der Waals surface area (Å²) in [6.07, 6.45) is 6.76. The normalized spacial score (nSPS) is 29.6. The number of halogens is 1. The first-order chi connectivity index (χ1) is 7.75. The second-order valence-electron chi connectivity index (χ2n) is 5.08. The van der Waals surface area contributed by atoms with Crippen LogP contribution >= 0.6 is 11.6 Å². The zero-order chi connectivity index (χ0) is 11.1. The van der Waals surface area contributed by atoms with E-state index in [0.29, 0.717) is 0 Å². The third-order valence-corrected chi connectivity index (χ3v) is 4.48. The van der Waals surface area contributed by atoms with E-state index in [-0.39, 0.29) is 0 Å². The lowest BCUT2D eigenvalue weighted by molar-refractivity contribution is 0.231. The molecule has 2 heterocycles. The van der Waals surface area contributed by atoms with Gasteiger partial charge in [-0.05, 0) is 56.8 Å². The highest BCUT2D eigenvalue weighted by Gasteiger charge is 2.34. The van der Waals surface area contributed by atoms with Gasteiger partial charge in [0, 0.05) is 23.0 Å². The Balaban J connectivity index is 1.82. The van der Waals surface area contributed by atoms with E-state index >= 15 is 0 Å². The Labute approximate surface area is 102 Å². The molecule has 0 radical (unpaired) electrons. The highest BCUT2D eigenvalue weighted by Crippen LogP contribution is 2.36. The summed E-state index contributed by atoms with van der Waals surface area (Å²) in [4.78, 5) is 6.97. The predicted molar refractivity (Wildman–Crippen MR) is 65.8 cm³/mol. The molecule has 1 fully saturated rings. The third-order valence-electron chi connectivity index (χ3n) is 4.13. The fourth-order valence-electron chi connectivity index (χ4n) is 3.29. The van der Waals surface area contributed by atoms with E-state index < -0.39 is 0 Å². The minimum absolute atomic E-state index is 0.731. The van der Waals surface area contributed by atoms with Crippen LogP contribution in [0.15, 0.2) is 12.3 Å². The van der Waals surface area contributed by atoms with Crippen molar-refractivity contribution in [2.24, 2.45) is 5.92 Å². The van der Waals surface area contributed by atoms with Crippen LogP contribution in [0, 0.1) is 5.92 Å². The van der Waals surface area contributed by atoms with Gasteiger partial charge in [-0.2, -0.15) is 0 Å². The van der Waals surface area contributed by atoms with Gasteiger partial charge in [0.2, 0.25) is 0 Å². The maximum atomic E-state index is 6.22. The van der Waals surface area contributed by atoms with Crippen molar-refractivity contribution < 1.29 is 0 Å². The standard InChI is InChI=1S/C13H17ClN2/c1-16-6-2-3-13(16)9-7-10-11(14)4-5-15-12(10)8-9/h4-5,9,13H,2-3,6-8H2,1H3. The zero-order valence-corrected chi connectivity index (χ0v) is 10.4.